The van der Waals surface area contributed by atoms with E-state index in [4.69, 9.17) is 0 Å². The molecule has 0 aliphatic heterocycles. The number of nitrogens with one attached hydrogen (secondary N) is 1. The number of aromatic nitrogens is 8. The number of benzene rings is 1. The second-order valence-electron chi connectivity index (χ2n) is 6.90. The lowest BCUT2D eigenvalue weighted by Crippen LogP contribution is -2.07. The van der Waals surface area contributed by atoms with Crippen LogP contribution in [0.4, 0.5) is 0 Å². The molecule has 4 rings (SSSR count). The summed E-state index contributed by atoms with van der Waals surface area (Å²) in [5.41, 5.74) is 3.50. The van der Waals surface area contributed by atoms with Gasteiger partial charge in [-0.05, 0) is 30.0 Å². The van der Waals surface area contributed by atoms with Crippen LogP contribution in [0.25, 0.3) is 22.6 Å². The molecule has 4 aromatic rings. The van der Waals surface area contributed by atoms with Gasteiger partial charge in [-0.3, -0.25) is 9.78 Å². The standard InChI is InChI=1S/C21H21N9O/c1-3-4-11-30-18(24-20(27-30)21(31)22-2)12-14-9-10-17(23-13-14)15-7-5-6-8-16(15)19-25-28-29-26-19/h5-10,13H,2-4,11-12H2,1H3,(H,25,26,28,29). The Morgan fingerprint density at radius 2 is 2.03 bits per heavy atom. The monoisotopic (exact) mass is 415 g/mol. The number of aliphatic imine (C=N–C) groups is 1. The molecule has 1 aromatic carbocycles. The SMILES string of the molecule is C=NC(=O)c1nc(Cc2ccc(-c3ccccc3-c3nn[nH]n3)nc2)n(CCCC)n1. The Morgan fingerprint density at radius 1 is 1.19 bits per heavy atom. The van der Waals surface area contributed by atoms with Crippen molar-refractivity contribution in [1.82, 2.24) is 40.4 Å². The maximum absolute atomic E-state index is 11.8. The number of carbonyl (C=O) groups is 1. The number of aryl methyl sites for hydroxylation is 1. The maximum atomic E-state index is 11.8. The summed E-state index contributed by atoms with van der Waals surface area (Å²) in [6.45, 7) is 6.06. The molecule has 0 unspecified atom stereocenters. The normalized spacial score (nSPS) is 10.9. The Kier molecular flexibility index (Phi) is 5.97. The second kappa shape index (κ2) is 9.16. The average Bonchev–Trinajstić information content (AvgIpc) is 3.48. The van der Waals surface area contributed by atoms with Crippen LogP contribution in [-0.4, -0.2) is 53.0 Å². The number of pyridine rings is 1. The van der Waals surface area contributed by atoms with E-state index >= 15 is 0 Å². The summed E-state index contributed by atoms with van der Waals surface area (Å²) in [6, 6.07) is 11.7. The molecule has 0 spiro atoms. The highest BCUT2D eigenvalue weighted by Crippen LogP contribution is 2.28. The maximum Gasteiger partial charge on any atom is 0.316 e. The van der Waals surface area contributed by atoms with Gasteiger partial charge in [-0.2, -0.15) is 5.21 Å². The lowest BCUT2D eigenvalue weighted by Gasteiger charge is -2.08. The van der Waals surface area contributed by atoms with Gasteiger partial charge in [0.15, 0.2) is 0 Å². The molecule has 1 N–H and O–H groups in total. The van der Waals surface area contributed by atoms with E-state index in [2.05, 4.69) is 54.3 Å². The van der Waals surface area contributed by atoms with Crippen molar-refractivity contribution in [2.24, 2.45) is 4.99 Å². The molecule has 0 saturated heterocycles. The van der Waals surface area contributed by atoms with E-state index < -0.39 is 5.91 Å². The fraction of sp³-hybridized carbons (Fsp3) is 0.238. The Morgan fingerprint density at radius 3 is 2.71 bits per heavy atom. The molecule has 0 bridgehead atoms. The lowest BCUT2D eigenvalue weighted by molar-refractivity contribution is 0.0993. The van der Waals surface area contributed by atoms with Gasteiger partial charge in [-0.15, -0.1) is 15.3 Å². The molecule has 31 heavy (non-hydrogen) atoms. The number of aromatic amines is 1. The van der Waals surface area contributed by atoms with Crippen molar-refractivity contribution in [2.45, 2.75) is 32.7 Å². The number of nitrogens with zero attached hydrogens (tertiary/aromatic N) is 8. The van der Waals surface area contributed by atoms with E-state index in [0.29, 0.717) is 24.6 Å². The van der Waals surface area contributed by atoms with E-state index in [1.165, 1.54) is 0 Å². The smallest absolute Gasteiger partial charge is 0.263 e. The van der Waals surface area contributed by atoms with E-state index in [9.17, 15) is 4.79 Å². The van der Waals surface area contributed by atoms with E-state index in [0.717, 1.165) is 35.2 Å². The largest absolute Gasteiger partial charge is 0.316 e. The minimum Gasteiger partial charge on any atom is -0.263 e. The topological polar surface area (TPSA) is 127 Å². The zero-order chi connectivity index (χ0) is 21.6. The van der Waals surface area contributed by atoms with Crippen LogP contribution < -0.4 is 0 Å². The lowest BCUT2D eigenvalue weighted by atomic mass is 10.0. The zero-order valence-corrected chi connectivity index (χ0v) is 17.1. The van der Waals surface area contributed by atoms with E-state index in [1.807, 2.05) is 36.4 Å². The summed E-state index contributed by atoms with van der Waals surface area (Å²) in [4.78, 5) is 24.3. The number of hydrogen-bond donors (Lipinski definition) is 1. The summed E-state index contributed by atoms with van der Waals surface area (Å²) in [5.74, 6) is 0.753. The molecule has 156 valence electrons. The molecule has 0 fully saturated rings. The summed E-state index contributed by atoms with van der Waals surface area (Å²) in [6.07, 6.45) is 4.25. The van der Waals surface area contributed by atoms with E-state index in [-0.39, 0.29) is 5.82 Å². The molecule has 3 heterocycles. The average molecular weight is 415 g/mol. The first-order valence-corrected chi connectivity index (χ1v) is 9.92. The third-order valence-corrected chi connectivity index (χ3v) is 4.78. The van der Waals surface area contributed by atoms with Gasteiger partial charge in [0, 0.05) is 30.3 Å². The molecule has 0 aliphatic carbocycles. The Bertz CT molecular complexity index is 1180. The van der Waals surface area contributed by atoms with Crippen LogP contribution in [-0.2, 0) is 13.0 Å². The van der Waals surface area contributed by atoms with Crippen molar-refractivity contribution < 1.29 is 4.79 Å². The third-order valence-electron chi connectivity index (χ3n) is 4.78. The van der Waals surface area contributed by atoms with Crippen molar-refractivity contribution in [2.75, 3.05) is 0 Å². The molecular weight excluding hydrogens is 394 g/mol. The van der Waals surface area contributed by atoms with E-state index in [1.54, 1.807) is 10.9 Å². The summed E-state index contributed by atoms with van der Waals surface area (Å²) in [5, 5.41) is 18.6. The fourth-order valence-electron chi connectivity index (χ4n) is 3.20. The van der Waals surface area contributed by atoms with Gasteiger partial charge in [0.25, 0.3) is 0 Å². The first-order valence-electron chi connectivity index (χ1n) is 9.92. The van der Waals surface area contributed by atoms with Crippen LogP contribution in [0.2, 0.25) is 0 Å². The van der Waals surface area contributed by atoms with Crippen LogP contribution in [0, 0.1) is 0 Å². The van der Waals surface area contributed by atoms with Crippen LogP contribution in [0.1, 0.15) is 41.8 Å². The highest BCUT2D eigenvalue weighted by molar-refractivity contribution is 5.93. The fourth-order valence-corrected chi connectivity index (χ4v) is 3.20. The van der Waals surface area contributed by atoms with Crippen LogP contribution >= 0.6 is 0 Å². The number of unbranched alkanes of at least 4 members (excludes halogenated alkanes) is 1. The molecule has 10 nitrogen and oxygen atoms in total. The van der Waals surface area contributed by atoms with Gasteiger partial charge < -0.3 is 0 Å². The number of H-pyrrole nitrogens is 1. The molecule has 3 aromatic heterocycles. The van der Waals surface area contributed by atoms with Gasteiger partial charge in [0.2, 0.25) is 11.6 Å². The van der Waals surface area contributed by atoms with Crippen molar-refractivity contribution in [1.29, 1.82) is 0 Å². The van der Waals surface area contributed by atoms with Gasteiger partial charge >= 0.3 is 5.91 Å². The number of hydrogen-bond acceptors (Lipinski definition) is 7. The molecule has 1 amide bonds. The molecule has 0 radical (unpaired) electrons. The Balaban J connectivity index is 1.60. The summed E-state index contributed by atoms with van der Waals surface area (Å²) < 4.78 is 1.77. The predicted octanol–water partition coefficient (Wildman–Crippen LogP) is 2.75. The number of tetrazole rings is 1. The Labute approximate surface area is 178 Å². The molecule has 0 saturated carbocycles. The Hall–Kier alpha value is -4.08. The number of rotatable bonds is 8. The minimum atomic E-state index is -0.525. The first kappa shape index (κ1) is 20.2. The van der Waals surface area contributed by atoms with Crippen molar-refractivity contribution in [3.05, 3.63) is 59.8 Å². The van der Waals surface area contributed by atoms with Gasteiger partial charge in [-0.1, -0.05) is 43.7 Å². The highest BCUT2D eigenvalue weighted by atomic mass is 16.1. The van der Waals surface area contributed by atoms with Gasteiger partial charge in [0.05, 0.1) is 5.69 Å². The first-order chi connectivity index (χ1) is 15.2. The predicted molar refractivity (Wildman–Crippen MR) is 114 cm³/mol. The molecular formula is C21H21N9O. The van der Waals surface area contributed by atoms with Crippen molar-refractivity contribution >= 4 is 12.6 Å². The van der Waals surface area contributed by atoms with Gasteiger partial charge in [0.1, 0.15) is 5.82 Å². The zero-order valence-electron chi connectivity index (χ0n) is 17.1. The van der Waals surface area contributed by atoms with Crippen LogP contribution in [0.15, 0.2) is 47.6 Å². The highest BCUT2D eigenvalue weighted by Gasteiger charge is 2.16. The second-order valence-corrected chi connectivity index (χ2v) is 6.90. The van der Waals surface area contributed by atoms with Gasteiger partial charge in [-0.25, -0.2) is 14.7 Å². The minimum absolute atomic E-state index is 0.0692. The summed E-state index contributed by atoms with van der Waals surface area (Å²) in [7, 11) is 0. The quantitative estimate of drug-likeness (QED) is 0.438. The number of amides is 1. The molecule has 0 aliphatic rings. The van der Waals surface area contributed by atoms with Crippen LogP contribution in [0.3, 0.4) is 0 Å². The molecule has 0 atom stereocenters. The number of carbonyl (C=O) groups excluding carboxylic acids is 1. The molecule has 10 heteroatoms. The third kappa shape index (κ3) is 4.42. The van der Waals surface area contributed by atoms with Crippen LogP contribution in [0.5, 0.6) is 0 Å². The van der Waals surface area contributed by atoms with Crippen molar-refractivity contribution in [3.8, 4) is 22.6 Å². The van der Waals surface area contributed by atoms with Crippen molar-refractivity contribution in [3.63, 3.8) is 0 Å². The summed E-state index contributed by atoms with van der Waals surface area (Å²) >= 11 is 0.